The van der Waals surface area contributed by atoms with Crippen molar-refractivity contribution in [3.8, 4) is 5.75 Å². The highest BCUT2D eigenvalue weighted by molar-refractivity contribution is 5.94. The highest BCUT2D eigenvalue weighted by Gasteiger charge is 2.22. The molecule has 0 radical (unpaired) electrons. The van der Waals surface area contributed by atoms with Gasteiger partial charge in [0.2, 0.25) is 5.91 Å². The zero-order valence-corrected chi connectivity index (χ0v) is 15.1. The molecule has 0 fully saturated rings. The van der Waals surface area contributed by atoms with Crippen LogP contribution >= 0.6 is 0 Å². The average Bonchev–Trinajstić information content (AvgIpc) is 2.60. The molecule has 138 valence electrons. The van der Waals surface area contributed by atoms with Crippen molar-refractivity contribution in [3.05, 3.63) is 29.8 Å². The van der Waals surface area contributed by atoms with Gasteiger partial charge in [-0.2, -0.15) is 0 Å². The van der Waals surface area contributed by atoms with Crippen molar-refractivity contribution >= 4 is 17.8 Å². The van der Waals surface area contributed by atoms with E-state index in [1.807, 2.05) is 13.8 Å². The first-order valence-electron chi connectivity index (χ1n) is 8.16. The van der Waals surface area contributed by atoms with Crippen LogP contribution in [0.2, 0.25) is 0 Å². The van der Waals surface area contributed by atoms with Crippen LogP contribution in [-0.2, 0) is 14.3 Å². The zero-order chi connectivity index (χ0) is 18.8. The van der Waals surface area contributed by atoms with Gasteiger partial charge < -0.3 is 20.1 Å². The van der Waals surface area contributed by atoms with Gasteiger partial charge in [-0.15, -0.1) is 0 Å². The number of ether oxygens (including phenoxy) is 2. The Bertz CT molecular complexity index is 584. The topological polar surface area (TPSA) is 93.7 Å². The number of methoxy groups -OCH3 is 2. The fraction of sp³-hybridized carbons (Fsp3) is 0.500. The highest BCUT2D eigenvalue weighted by atomic mass is 16.5. The number of benzene rings is 1. The van der Waals surface area contributed by atoms with E-state index in [4.69, 9.17) is 9.47 Å². The number of amides is 2. The standard InChI is InChI=1S/C18H26N2O5/c1-12(2)11-15(18(23)25-4)20-16(21)9-10-19-17(22)13-5-7-14(24-3)8-6-13/h5-8,12,15H,9-11H2,1-4H3,(H,19,22)(H,20,21)/t15-/m0/s1. The van der Waals surface area contributed by atoms with E-state index in [2.05, 4.69) is 10.6 Å². The number of carbonyl (C=O) groups is 3. The van der Waals surface area contributed by atoms with Crippen LogP contribution in [0.3, 0.4) is 0 Å². The van der Waals surface area contributed by atoms with Gasteiger partial charge >= 0.3 is 5.97 Å². The number of nitrogens with one attached hydrogen (secondary N) is 2. The van der Waals surface area contributed by atoms with Gasteiger partial charge in [0.25, 0.3) is 5.91 Å². The zero-order valence-electron chi connectivity index (χ0n) is 15.1. The number of hydrogen-bond donors (Lipinski definition) is 2. The molecule has 0 unspecified atom stereocenters. The van der Waals surface area contributed by atoms with E-state index >= 15 is 0 Å². The Hall–Kier alpha value is -2.57. The van der Waals surface area contributed by atoms with Crippen molar-refractivity contribution < 1.29 is 23.9 Å². The van der Waals surface area contributed by atoms with Crippen LogP contribution < -0.4 is 15.4 Å². The molecular formula is C18H26N2O5. The lowest BCUT2D eigenvalue weighted by molar-refractivity contribution is -0.145. The van der Waals surface area contributed by atoms with Gasteiger partial charge in [-0.1, -0.05) is 13.8 Å². The van der Waals surface area contributed by atoms with E-state index in [1.54, 1.807) is 31.4 Å². The van der Waals surface area contributed by atoms with E-state index in [0.29, 0.717) is 17.7 Å². The summed E-state index contributed by atoms with van der Waals surface area (Å²) in [6, 6.07) is 5.99. The lowest BCUT2D eigenvalue weighted by Gasteiger charge is -2.18. The molecule has 0 aliphatic carbocycles. The van der Waals surface area contributed by atoms with Crippen LogP contribution in [0.15, 0.2) is 24.3 Å². The van der Waals surface area contributed by atoms with Crippen molar-refractivity contribution in [2.45, 2.75) is 32.7 Å². The fourth-order valence-corrected chi connectivity index (χ4v) is 2.23. The normalized spacial score (nSPS) is 11.6. The first-order chi connectivity index (χ1) is 11.9. The minimum atomic E-state index is -0.671. The molecule has 7 heteroatoms. The van der Waals surface area contributed by atoms with Gasteiger partial charge in [0.15, 0.2) is 0 Å². The molecule has 0 aliphatic rings. The summed E-state index contributed by atoms with van der Waals surface area (Å²) in [5.74, 6) is -0.161. The summed E-state index contributed by atoms with van der Waals surface area (Å²) < 4.78 is 9.73. The van der Waals surface area contributed by atoms with Crippen molar-refractivity contribution in [3.63, 3.8) is 0 Å². The quantitative estimate of drug-likeness (QED) is 0.659. The molecule has 7 nitrogen and oxygen atoms in total. The summed E-state index contributed by atoms with van der Waals surface area (Å²) in [4.78, 5) is 35.6. The van der Waals surface area contributed by atoms with Crippen molar-refractivity contribution in [1.29, 1.82) is 0 Å². The molecule has 0 saturated carbocycles. The molecule has 0 saturated heterocycles. The molecule has 0 heterocycles. The Morgan fingerprint density at radius 2 is 1.72 bits per heavy atom. The summed E-state index contributed by atoms with van der Waals surface area (Å²) in [7, 11) is 2.84. The summed E-state index contributed by atoms with van der Waals surface area (Å²) in [6.07, 6.45) is 0.574. The molecule has 1 atom stereocenters. The van der Waals surface area contributed by atoms with E-state index < -0.39 is 12.0 Å². The number of hydrogen-bond acceptors (Lipinski definition) is 5. The monoisotopic (exact) mass is 350 g/mol. The molecule has 2 amide bonds. The van der Waals surface area contributed by atoms with E-state index in [9.17, 15) is 14.4 Å². The number of rotatable bonds is 9. The maximum absolute atomic E-state index is 12.0. The predicted molar refractivity (Wildman–Crippen MR) is 93.3 cm³/mol. The van der Waals surface area contributed by atoms with Gasteiger partial charge in [0, 0.05) is 18.5 Å². The highest BCUT2D eigenvalue weighted by Crippen LogP contribution is 2.11. The largest absolute Gasteiger partial charge is 0.497 e. The molecule has 1 aromatic rings. The Morgan fingerprint density at radius 1 is 1.08 bits per heavy atom. The molecule has 0 aromatic heterocycles. The Labute approximate surface area is 148 Å². The molecule has 1 aromatic carbocycles. The minimum absolute atomic E-state index is 0.0769. The lowest BCUT2D eigenvalue weighted by atomic mass is 10.0. The van der Waals surface area contributed by atoms with Crippen molar-refractivity contribution in [2.24, 2.45) is 5.92 Å². The maximum atomic E-state index is 12.0. The smallest absolute Gasteiger partial charge is 0.328 e. The van der Waals surface area contributed by atoms with Crippen LogP contribution in [0.1, 0.15) is 37.0 Å². The fourth-order valence-electron chi connectivity index (χ4n) is 2.23. The predicted octanol–water partition coefficient (Wildman–Crippen LogP) is 1.52. The molecule has 0 spiro atoms. The van der Waals surface area contributed by atoms with Crippen LogP contribution in [0.4, 0.5) is 0 Å². The Balaban J connectivity index is 2.44. The first kappa shape index (κ1) is 20.5. The summed E-state index contributed by atoms with van der Waals surface area (Å²) in [5, 5.41) is 5.31. The van der Waals surface area contributed by atoms with Gasteiger partial charge in [-0.05, 0) is 36.6 Å². The van der Waals surface area contributed by atoms with Crippen molar-refractivity contribution in [1.82, 2.24) is 10.6 Å². The van der Waals surface area contributed by atoms with Gasteiger partial charge in [0.1, 0.15) is 11.8 Å². The second-order valence-electron chi connectivity index (χ2n) is 6.01. The molecule has 0 aliphatic heterocycles. The Morgan fingerprint density at radius 3 is 2.24 bits per heavy atom. The first-order valence-corrected chi connectivity index (χ1v) is 8.16. The molecule has 25 heavy (non-hydrogen) atoms. The SMILES string of the molecule is COC(=O)[C@H](CC(C)C)NC(=O)CCNC(=O)c1ccc(OC)cc1. The summed E-state index contributed by atoms with van der Waals surface area (Å²) >= 11 is 0. The van der Waals surface area contributed by atoms with Crippen LogP contribution in [-0.4, -0.2) is 44.6 Å². The lowest BCUT2D eigenvalue weighted by Crippen LogP contribution is -2.43. The average molecular weight is 350 g/mol. The molecule has 0 bridgehead atoms. The summed E-state index contributed by atoms with van der Waals surface area (Å²) in [5.41, 5.74) is 0.480. The van der Waals surface area contributed by atoms with Gasteiger partial charge in [-0.3, -0.25) is 9.59 Å². The molecule has 1 rings (SSSR count). The third kappa shape index (κ3) is 7.24. The second-order valence-corrected chi connectivity index (χ2v) is 6.01. The molecule has 2 N–H and O–H groups in total. The number of esters is 1. The second kappa shape index (κ2) is 10.3. The van der Waals surface area contributed by atoms with E-state index in [1.165, 1.54) is 7.11 Å². The van der Waals surface area contributed by atoms with E-state index in [0.717, 1.165) is 0 Å². The minimum Gasteiger partial charge on any atom is -0.497 e. The third-order valence-electron chi connectivity index (χ3n) is 3.52. The Kier molecular flexibility index (Phi) is 8.46. The number of carbonyl (C=O) groups excluding carboxylic acids is 3. The van der Waals surface area contributed by atoms with E-state index in [-0.39, 0.29) is 30.7 Å². The van der Waals surface area contributed by atoms with Gasteiger partial charge in [-0.25, -0.2) is 4.79 Å². The summed E-state index contributed by atoms with van der Waals surface area (Å²) in [6.45, 7) is 4.08. The maximum Gasteiger partial charge on any atom is 0.328 e. The van der Waals surface area contributed by atoms with Gasteiger partial charge in [0.05, 0.1) is 14.2 Å². The third-order valence-corrected chi connectivity index (χ3v) is 3.52. The van der Waals surface area contributed by atoms with Crippen LogP contribution in [0.25, 0.3) is 0 Å². The molecular weight excluding hydrogens is 324 g/mol. The van der Waals surface area contributed by atoms with Crippen LogP contribution in [0, 0.1) is 5.92 Å². The van der Waals surface area contributed by atoms with Crippen molar-refractivity contribution in [2.75, 3.05) is 20.8 Å². The van der Waals surface area contributed by atoms with Crippen LogP contribution in [0.5, 0.6) is 5.75 Å².